The normalized spacial score (nSPS) is 19.8. The number of hydrogen-bond acceptors (Lipinski definition) is 4. The summed E-state index contributed by atoms with van der Waals surface area (Å²) in [6.07, 6.45) is 4.30. The van der Waals surface area contributed by atoms with Crippen molar-refractivity contribution in [2.45, 2.75) is 32.6 Å². The summed E-state index contributed by atoms with van der Waals surface area (Å²) in [6, 6.07) is 12.4. The zero-order valence-electron chi connectivity index (χ0n) is 16.9. The predicted octanol–water partition coefficient (Wildman–Crippen LogP) is 3.77. The highest BCUT2D eigenvalue weighted by molar-refractivity contribution is 5.81. The molecule has 0 saturated carbocycles. The fourth-order valence-corrected chi connectivity index (χ4v) is 4.57. The quantitative estimate of drug-likeness (QED) is 0.741. The van der Waals surface area contributed by atoms with Gasteiger partial charge in [-0.15, -0.1) is 0 Å². The Bertz CT molecular complexity index is 1040. The first-order valence-corrected chi connectivity index (χ1v) is 10.6. The van der Waals surface area contributed by atoms with Crippen molar-refractivity contribution in [1.29, 1.82) is 0 Å². The smallest absolute Gasteiger partial charge is 0.227 e. The van der Waals surface area contributed by atoms with Gasteiger partial charge in [0.25, 0.3) is 0 Å². The minimum atomic E-state index is 0.0870. The van der Waals surface area contributed by atoms with Gasteiger partial charge in [0.05, 0.1) is 5.92 Å². The van der Waals surface area contributed by atoms with Crippen LogP contribution in [0.3, 0.4) is 0 Å². The molecule has 2 saturated heterocycles. The van der Waals surface area contributed by atoms with E-state index in [4.69, 9.17) is 9.97 Å². The molecular weight excluding hydrogens is 362 g/mol. The summed E-state index contributed by atoms with van der Waals surface area (Å²) in [4.78, 5) is 30.1. The van der Waals surface area contributed by atoms with Crippen molar-refractivity contribution in [2.75, 3.05) is 31.1 Å². The molecule has 6 heteroatoms. The minimum Gasteiger partial charge on any atom is -0.356 e. The Kier molecular flexibility index (Phi) is 4.70. The summed E-state index contributed by atoms with van der Waals surface area (Å²) >= 11 is 0. The van der Waals surface area contributed by atoms with Crippen molar-refractivity contribution in [3.63, 3.8) is 0 Å². The summed E-state index contributed by atoms with van der Waals surface area (Å²) in [5, 5.41) is 0. The van der Waals surface area contributed by atoms with Gasteiger partial charge in [-0.3, -0.25) is 4.79 Å². The number of hydrogen-bond donors (Lipinski definition) is 1. The maximum Gasteiger partial charge on any atom is 0.227 e. The van der Waals surface area contributed by atoms with E-state index in [2.05, 4.69) is 35.0 Å². The SMILES string of the molecule is Cc1cccc(-c2nc3ccc(N4CCC[C@@H](C(=O)N5CCCC5)C4)nc3[nH]2)c1. The molecular formula is C23H27N5O. The van der Waals surface area contributed by atoms with Crippen LogP contribution in [0.4, 0.5) is 5.82 Å². The van der Waals surface area contributed by atoms with Crippen molar-refractivity contribution < 1.29 is 4.79 Å². The lowest BCUT2D eigenvalue weighted by Gasteiger charge is -2.34. The number of likely N-dealkylation sites (tertiary alicyclic amines) is 1. The second-order valence-corrected chi connectivity index (χ2v) is 8.31. The largest absolute Gasteiger partial charge is 0.356 e. The highest BCUT2D eigenvalue weighted by Crippen LogP contribution is 2.27. The Balaban J connectivity index is 1.37. The Hall–Kier alpha value is -2.89. The molecule has 0 spiro atoms. The Labute approximate surface area is 171 Å². The van der Waals surface area contributed by atoms with E-state index in [1.807, 2.05) is 23.1 Å². The number of nitrogens with one attached hydrogen (secondary N) is 1. The molecule has 1 atom stereocenters. The lowest BCUT2D eigenvalue weighted by atomic mass is 9.96. The third-order valence-electron chi connectivity index (χ3n) is 6.13. The topological polar surface area (TPSA) is 65.1 Å². The van der Waals surface area contributed by atoms with E-state index in [9.17, 15) is 4.79 Å². The molecule has 1 aromatic carbocycles. The Morgan fingerprint density at radius 1 is 1.07 bits per heavy atom. The van der Waals surface area contributed by atoms with Crippen molar-refractivity contribution in [2.24, 2.45) is 5.92 Å². The van der Waals surface area contributed by atoms with Gasteiger partial charge in [0.1, 0.15) is 17.2 Å². The van der Waals surface area contributed by atoms with Gasteiger partial charge in [-0.2, -0.15) is 0 Å². The first-order valence-electron chi connectivity index (χ1n) is 10.6. The molecule has 150 valence electrons. The maximum atomic E-state index is 12.8. The molecule has 29 heavy (non-hydrogen) atoms. The molecule has 5 rings (SSSR count). The van der Waals surface area contributed by atoms with Gasteiger partial charge in [-0.05, 0) is 50.8 Å². The average Bonchev–Trinajstić information content (AvgIpc) is 3.43. The second kappa shape index (κ2) is 7.50. The number of aromatic amines is 1. The lowest BCUT2D eigenvalue weighted by molar-refractivity contribution is -0.134. The zero-order chi connectivity index (χ0) is 19.8. The summed E-state index contributed by atoms with van der Waals surface area (Å²) in [5.74, 6) is 2.19. The monoisotopic (exact) mass is 389 g/mol. The van der Waals surface area contributed by atoms with Crippen molar-refractivity contribution in [3.8, 4) is 11.4 Å². The first-order chi connectivity index (χ1) is 14.2. The van der Waals surface area contributed by atoms with Crippen LogP contribution in [0.25, 0.3) is 22.6 Å². The molecule has 0 bridgehead atoms. The van der Waals surface area contributed by atoms with E-state index in [1.54, 1.807) is 0 Å². The lowest BCUT2D eigenvalue weighted by Crippen LogP contribution is -2.44. The Morgan fingerprint density at radius 3 is 2.76 bits per heavy atom. The van der Waals surface area contributed by atoms with Crippen LogP contribution in [-0.2, 0) is 4.79 Å². The highest BCUT2D eigenvalue weighted by Gasteiger charge is 2.31. The number of anilines is 1. The van der Waals surface area contributed by atoms with Gasteiger partial charge >= 0.3 is 0 Å². The predicted molar refractivity (Wildman–Crippen MR) is 115 cm³/mol. The number of carbonyl (C=O) groups is 1. The van der Waals surface area contributed by atoms with Crippen LogP contribution in [-0.4, -0.2) is 51.9 Å². The van der Waals surface area contributed by atoms with Crippen molar-refractivity contribution >= 4 is 22.9 Å². The number of pyridine rings is 1. The van der Waals surface area contributed by atoms with Crippen LogP contribution in [0.5, 0.6) is 0 Å². The third kappa shape index (κ3) is 3.59. The van der Waals surface area contributed by atoms with Crippen LogP contribution < -0.4 is 4.90 Å². The van der Waals surface area contributed by atoms with Crippen LogP contribution >= 0.6 is 0 Å². The molecule has 4 heterocycles. The molecule has 6 nitrogen and oxygen atoms in total. The number of fused-ring (bicyclic) bond motifs is 1. The van der Waals surface area contributed by atoms with Crippen molar-refractivity contribution in [3.05, 3.63) is 42.0 Å². The number of imidazole rings is 1. The van der Waals surface area contributed by atoms with Gasteiger partial charge in [-0.25, -0.2) is 9.97 Å². The fraction of sp³-hybridized carbons (Fsp3) is 0.435. The van der Waals surface area contributed by atoms with Crippen LogP contribution in [0, 0.1) is 12.8 Å². The molecule has 2 aliphatic heterocycles. The van der Waals surface area contributed by atoms with Gasteiger partial charge in [0, 0.05) is 31.7 Å². The molecule has 1 N–H and O–H groups in total. The van der Waals surface area contributed by atoms with Gasteiger partial charge in [-0.1, -0.05) is 23.8 Å². The molecule has 2 fully saturated rings. The van der Waals surface area contributed by atoms with Gasteiger partial charge in [0.15, 0.2) is 5.65 Å². The number of nitrogens with zero attached hydrogens (tertiary/aromatic N) is 4. The van der Waals surface area contributed by atoms with E-state index in [-0.39, 0.29) is 5.92 Å². The highest BCUT2D eigenvalue weighted by atomic mass is 16.2. The van der Waals surface area contributed by atoms with Crippen LogP contribution in [0.2, 0.25) is 0 Å². The summed E-state index contributed by atoms with van der Waals surface area (Å²) < 4.78 is 0. The van der Waals surface area contributed by atoms with Crippen LogP contribution in [0.15, 0.2) is 36.4 Å². The van der Waals surface area contributed by atoms with Gasteiger partial charge < -0.3 is 14.8 Å². The van der Waals surface area contributed by atoms with E-state index < -0.39 is 0 Å². The number of rotatable bonds is 3. The van der Waals surface area contributed by atoms with Crippen LogP contribution in [0.1, 0.15) is 31.2 Å². The number of H-pyrrole nitrogens is 1. The van der Waals surface area contributed by atoms with E-state index in [0.717, 1.165) is 80.2 Å². The fourth-order valence-electron chi connectivity index (χ4n) is 4.57. The molecule has 2 aliphatic rings. The minimum absolute atomic E-state index is 0.0870. The molecule has 3 aromatic rings. The number of aromatic nitrogens is 3. The Morgan fingerprint density at radius 2 is 1.93 bits per heavy atom. The molecule has 0 radical (unpaired) electrons. The van der Waals surface area contributed by atoms with Gasteiger partial charge in [0.2, 0.25) is 5.91 Å². The number of carbonyl (C=O) groups excluding carboxylic acids is 1. The summed E-state index contributed by atoms with van der Waals surface area (Å²) in [6.45, 7) is 5.64. The van der Waals surface area contributed by atoms with E-state index >= 15 is 0 Å². The first kappa shape index (κ1) is 18.2. The number of piperidine rings is 1. The van der Waals surface area contributed by atoms with E-state index in [0.29, 0.717) is 5.91 Å². The van der Waals surface area contributed by atoms with E-state index in [1.165, 1.54) is 5.56 Å². The second-order valence-electron chi connectivity index (χ2n) is 8.31. The number of aryl methyl sites for hydroxylation is 1. The average molecular weight is 390 g/mol. The number of amides is 1. The third-order valence-corrected chi connectivity index (χ3v) is 6.13. The summed E-state index contributed by atoms with van der Waals surface area (Å²) in [7, 11) is 0. The van der Waals surface area contributed by atoms with Crippen molar-refractivity contribution in [1.82, 2.24) is 19.9 Å². The standard InChI is InChI=1S/C23H27N5O/c1-16-6-4-7-17(14-16)21-24-19-9-10-20(25-22(19)26-21)28-13-5-8-18(15-28)23(29)27-11-2-3-12-27/h4,6-7,9-10,14,18H,2-3,5,8,11-13,15H2,1H3,(H,24,25,26)/t18-/m1/s1. The molecule has 2 aromatic heterocycles. The summed E-state index contributed by atoms with van der Waals surface area (Å²) in [5.41, 5.74) is 3.94. The molecule has 0 aliphatic carbocycles. The molecule has 1 amide bonds. The maximum absolute atomic E-state index is 12.8. The zero-order valence-corrected chi connectivity index (χ0v) is 16.9. The molecule has 0 unspecified atom stereocenters. The number of benzene rings is 1.